The lowest BCUT2D eigenvalue weighted by atomic mass is 10.1. The summed E-state index contributed by atoms with van der Waals surface area (Å²) in [7, 11) is 0. The molecule has 0 unspecified atom stereocenters. The Morgan fingerprint density at radius 3 is 2.96 bits per heavy atom. The Morgan fingerprint density at radius 2 is 2.21 bits per heavy atom. The number of aromatic nitrogens is 5. The molecule has 0 aliphatic heterocycles. The van der Waals surface area contributed by atoms with Crippen LogP contribution in [0, 0.1) is 18.3 Å². The SMILES string of the molecule is Cc1cc(NCc2n[nH]c(=O)[nH]2)n2c(nc3ccccc32)c1C#N. The van der Waals surface area contributed by atoms with Crippen LogP contribution in [0.25, 0.3) is 16.7 Å². The van der Waals surface area contributed by atoms with Crippen LogP contribution in [0.15, 0.2) is 35.1 Å². The van der Waals surface area contributed by atoms with E-state index in [1.807, 2.05) is 41.7 Å². The monoisotopic (exact) mass is 319 g/mol. The van der Waals surface area contributed by atoms with Crippen molar-refractivity contribution in [1.29, 1.82) is 5.26 Å². The van der Waals surface area contributed by atoms with Gasteiger partial charge in [-0.25, -0.2) is 14.9 Å². The highest BCUT2D eigenvalue weighted by atomic mass is 16.1. The van der Waals surface area contributed by atoms with Gasteiger partial charge in [-0.05, 0) is 30.7 Å². The number of fused-ring (bicyclic) bond motifs is 3. The fraction of sp³-hybridized carbons (Fsp3) is 0.125. The molecule has 3 aromatic heterocycles. The van der Waals surface area contributed by atoms with Gasteiger partial charge in [-0.2, -0.15) is 10.4 Å². The van der Waals surface area contributed by atoms with Gasteiger partial charge >= 0.3 is 5.69 Å². The highest BCUT2D eigenvalue weighted by Crippen LogP contribution is 2.26. The normalized spacial score (nSPS) is 11.0. The van der Waals surface area contributed by atoms with Crippen LogP contribution in [0.2, 0.25) is 0 Å². The first-order valence-corrected chi connectivity index (χ1v) is 7.35. The summed E-state index contributed by atoms with van der Waals surface area (Å²) < 4.78 is 1.91. The number of pyridine rings is 1. The van der Waals surface area contributed by atoms with Gasteiger partial charge in [-0.15, -0.1) is 0 Å². The highest BCUT2D eigenvalue weighted by molar-refractivity contribution is 5.85. The third kappa shape index (κ3) is 2.11. The average molecular weight is 319 g/mol. The lowest BCUT2D eigenvalue weighted by Gasteiger charge is -2.11. The molecule has 1 aromatic carbocycles. The molecule has 4 rings (SSSR count). The van der Waals surface area contributed by atoms with E-state index in [2.05, 4.69) is 31.6 Å². The number of benzene rings is 1. The van der Waals surface area contributed by atoms with E-state index in [9.17, 15) is 10.1 Å². The van der Waals surface area contributed by atoms with Crippen LogP contribution in [-0.4, -0.2) is 24.6 Å². The Bertz CT molecular complexity index is 1160. The van der Waals surface area contributed by atoms with Gasteiger partial charge in [0, 0.05) is 0 Å². The summed E-state index contributed by atoms with van der Waals surface area (Å²) in [6, 6.07) is 11.8. The van der Waals surface area contributed by atoms with Crippen LogP contribution in [-0.2, 0) is 6.54 Å². The maximum absolute atomic E-state index is 11.1. The van der Waals surface area contributed by atoms with Crippen molar-refractivity contribution in [2.24, 2.45) is 0 Å². The number of nitrogens with zero attached hydrogens (tertiary/aromatic N) is 4. The van der Waals surface area contributed by atoms with Gasteiger partial charge in [0.25, 0.3) is 0 Å². The van der Waals surface area contributed by atoms with E-state index in [1.54, 1.807) is 0 Å². The molecule has 0 fully saturated rings. The summed E-state index contributed by atoms with van der Waals surface area (Å²) >= 11 is 0. The minimum Gasteiger partial charge on any atom is -0.364 e. The van der Waals surface area contributed by atoms with E-state index >= 15 is 0 Å². The second kappa shape index (κ2) is 5.24. The first-order chi connectivity index (χ1) is 11.7. The van der Waals surface area contributed by atoms with Crippen molar-refractivity contribution in [3.8, 4) is 6.07 Å². The Morgan fingerprint density at radius 1 is 1.38 bits per heavy atom. The molecule has 8 nitrogen and oxygen atoms in total. The maximum Gasteiger partial charge on any atom is 0.340 e. The van der Waals surface area contributed by atoms with Gasteiger partial charge in [-0.1, -0.05) is 12.1 Å². The van der Waals surface area contributed by atoms with Gasteiger partial charge in [-0.3, -0.25) is 9.38 Å². The molecule has 0 aliphatic carbocycles. The fourth-order valence-electron chi connectivity index (χ4n) is 2.79. The minimum atomic E-state index is -0.346. The second-order valence-corrected chi connectivity index (χ2v) is 5.44. The number of aromatic amines is 2. The quantitative estimate of drug-likeness (QED) is 0.531. The number of nitrogens with one attached hydrogen (secondary N) is 3. The second-order valence-electron chi connectivity index (χ2n) is 5.44. The molecule has 8 heteroatoms. The van der Waals surface area contributed by atoms with E-state index in [1.165, 1.54) is 0 Å². The minimum absolute atomic E-state index is 0.339. The summed E-state index contributed by atoms with van der Waals surface area (Å²) in [6.07, 6.45) is 0. The number of hydrogen-bond acceptors (Lipinski definition) is 5. The van der Waals surface area contributed by atoms with Crippen molar-refractivity contribution in [2.45, 2.75) is 13.5 Å². The van der Waals surface area contributed by atoms with Crippen LogP contribution in [0.3, 0.4) is 0 Å². The molecule has 0 radical (unpaired) electrons. The molecule has 0 spiro atoms. The van der Waals surface area contributed by atoms with E-state index in [0.717, 1.165) is 22.4 Å². The van der Waals surface area contributed by atoms with Crippen molar-refractivity contribution < 1.29 is 0 Å². The van der Waals surface area contributed by atoms with Crippen LogP contribution in [0.1, 0.15) is 17.0 Å². The molecule has 118 valence electrons. The molecule has 3 heterocycles. The number of anilines is 1. The fourth-order valence-corrected chi connectivity index (χ4v) is 2.79. The molecular formula is C16H13N7O. The molecule has 0 saturated heterocycles. The van der Waals surface area contributed by atoms with E-state index in [0.29, 0.717) is 23.6 Å². The third-order valence-electron chi connectivity index (χ3n) is 3.87. The van der Waals surface area contributed by atoms with E-state index in [-0.39, 0.29) is 5.69 Å². The number of aryl methyl sites for hydroxylation is 1. The zero-order chi connectivity index (χ0) is 16.7. The summed E-state index contributed by atoms with van der Waals surface area (Å²) in [5, 5.41) is 18.9. The maximum atomic E-state index is 11.1. The zero-order valence-electron chi connectivity index (χ0n) is 12.8. The predicted molar refractivity (Wildman–Crippen MR) is 88.7 cm³/mol. The number of imidazole rings is 1. The molecule has 0 aliphatic rings. The van der Waals surface area contributed by atoms with Gasteiger partial charge in [0.05, 0.1) is 23.1 Å². The Labute approximate surface area is 135 Å². The van der Waals surface area contributed by atoms with Crippen LogP contribution >= 0.6 is 0 Å². The molecule has 3 N–H and O–H groups in total. The molecule has 0 saturated carbocycles. The number of hydrogen-bond donors (Lipinski definition) is 3. The number of H-pyrrole nitrogens is 2. The molecule has 0 bridgehead atoms. The lowest BCUT2D eigenvalue weighted by molar-refractivity contribution is 0.942. The molecule has 0 atom stereocenters. The average Bonchev–Trinajstić information content (AvgIpc) is 3.16. The topological polar surface area (TPSA) is 115 Å². The Balaban J connectivity index is 1.91. The summed E-state index contributed by atoms with van der Waals surface area (Å²) in [6.45, 7) is 2.21. The first-order valence-electron chi connectivity index (χ1n) is 7.35. The van der Waals surface area contributed by atoms with Gasteiger partial charge in [0.1, 0.15) is 17.7 Å². The number of nitriles is 1. The lowest BCUT2D eigenvalue weighted by Crippen LogP contribution is -2.08. The van der Waals surface area contributed by atoms with E-state index in [4.69, 9.17) is 0 Å². The van der Waals surface area contributed by atoms with Crippen molar-refractivity contribution >= 4 is 22.5 Å². The molecule has 24 heavy (non-hydrogen) atoms. The van der Waals surface area contributed by atoms with Gasteiger partial charge in [0.15, 0.2) is 5.65 Å². The Kier molecular flexibility index (Phi) is 3.06. The van der Waals surface area contributed by atoms with Crippen LogP contribution in [0.4, 0.5) is 5.82 Å². The van der Waals surface area contributed by atoms with Crippen molar-refractivity contribution in [3.63, 3.8) is 0 Å². The predicted octanol–water partition coefficient (Wildman–Crippen LogP) is 1.69. The van der Waals surface area contributed by atoms with E-state index < -0.39 is 0 Å². The van der Waals surface area contributed by atoms with Crippen molar-refractivity contribution in [3.05, 3.63) is 57.8 Å². The first kappa shape index (κ1) is 14.0. The molecule has 0 amide bonds. The summed E-state index contributed by atoms with van der Waals surface area (Å²) in [5.41, 5.74) is 3.36. The summed E-state index contributed by atoms with van der Waals surface area (Å²) in [5.74, 6) is 1.28. The smallest absolute Gasteiger partial charge is 0.340 e. The standard InChI is InChI=1S/C16H13N7O/c1-9-6-14(18-8-13-20-16(24)22-21-13)23-12-5-3-2-4-11(12)19-15(23)10(9)7-17/h2-6,18H,8H2,1H3,(H2,20,21,22,24). The third-order valence-corrected chi connectivity index (χ3v) is 3.87. The van der Waals surface area contributed by atoms with Crippen LogP contribution < -0.4 is 11.0 Å². The van der Waals surface area contributed by atoms with Crippen LogP contribution in [0.5, 0.6) is 0 Å². The number of rotatable bonds is 3. The molecular weight excluding hydrogens is 306 g/mol. The molecule has 4 aromatic rings. The van der Waals surface area contributed by atoms with Crippen molar-refractivity contribution in [2.75, 3.05) is 5.32 Å². The van der Waals surface area contributed by atoms with Gasteiger partial charge < -0.3 is 5.32 Å². The zero-order valence-corrected chi connectivity index (χ0v) is 12.8. The largest absolute Gasteiger partial charge is 0.364 e. The number of para-hydroxylation sites is 2. The van der Waals surface area contributed by atoms with Gasteiger partial charge in [0.2, 0.25) is 0 Å². The highest BCUT2D eigenvalue weighted by Gasteiger charge is 2.15. The Hall–Kier alpha value is -3.60. The van der Waals surface area contributed by atoms with Crippen molar-refractivity contribution in [1.82, 2.24) is 24.6 Å². The summed E-state index contributed by atoms with van der Waals surface area (Å²) in [4.78, 5) is 18.3.